The van der Waals surface area contributed by atoms with Gasteiger partial charge in [-0.1, -0.05) is 39.0 Å². The zero-order chi connectivity index (χ0) is 28.3. The number of halogens is 2. The first kappa shape index (κ1) is 27.6. The highest BCUT2D eigenvalue weighted by Crippen LogP contribution is 2.38. The predicted molar refractivity (Wildman–Crippen MR) is 142 cm³/mol. The zero-order valence-electron chi connectivity index (χ0n) is 22.1. The van der Waals surface area contributed by atoms with Crippen molar-refractivity contribution < 1.29 is 22.8 Å². The Morgan fingerprint density at radius 1 is 1.00 bits per heavy atom. The van der Waals surface area contributed by atoms with Gasteiger partial charge in [-0.15, -0.1) is 10.2 Å². The van der Waals surface area contributed by atoms with E-state index in [-0.39, 0.29) is 23.9 Å². The lowest BCUT2D eigenvalue weighted by Gasteiger charge is -2.19. The van der Waals surface area contributed by atoms with E-state index in [0.29, 0.717) is 57.9 Å². The van der Waals surface area contributed by atoms with Gasteiger partial charge in [0.25, 0.3) is 11.8 Å². The van der Waals surface area contributed by atoms with Gasteiger partial charge in [-0.3, -0.25) is 14.6 Å². The number of hydrogen-bond donors (Lipinski definition) is 2. The Hall–Kier alpha value is -4.47. The predicted octanol–water partition coefficient (Wildman–Crippen LogP) is 5.18. The van der Waals surface area contributed by atoms with Crippen molar-refractivity contribution in [1.82, 2.24) is 20.5 Å². The highest BCUT2D eigenvalue weighted by Gasteiger charge is 2.27. The number of amides is 2. The Morgan fingerprint density at radius 3 is 2.28 bits per heavy atom. The van der Waals surface area contributed by atoms with Crippen LogP contribution in [0.5, 0.6) is 0 Å². The number of primary amides is 1. The molecule has 0 aliphatic rings. The molecule has 0 saturated heterocycles. The summed E-state index contributed by atoms with van der Waals surface area (Å²) in [5, 5.41) is 10.8. The van der Waals surface area contributed by atoms with Crippen LogP contribution in [0, 0.1) is 24.5 Å². The summed E-state index contributed by atoms with van der Waals surface area (Å²) in [5.41, 5.74) is 9.85. The van der Waals surface area contributed by atoms with Gasteiger partial charge < -0.3 is 15.5 Å². The minimum absolute atomic E-state index is 0.0209. The molecule has 3 N–H and O–H groups in total. The molecule has 4 rings (SSSR count). The fourth-order valence-corrected chi connectivity index (χ4v) is 4.38. The van der Waals surface area contributed by atoms with E-state index in [1.54, 1.807) is 31.2 Å². The number of nitrogens with two attached hydrogens (primary N) is 1. The second-order valence-electron chi connectivity index (χ2n) is 9.58. The largest absolute Gasteiger partial charge is 0.421 e. The summed E-state index contributed by atoms with van der Waals surface area (Å²) >= 11 is 0. The van der Waals surface area contributed by atoms with Crippen LogP contribution >= 0.6 is 0 Å². The Morgan fingerprint density at radius 2 is 1.72 bits per heavy atom. The average molecular weight is 534 g/mol. The van der Waals surface area contributed by atoms with E-state index in [2.05, 4.69) is 15.5 Å². The molecule has 0 saturated carbocycles. The summed E-state index contributed by atoms with van der Waals surface area (Å²) in [6.45, 7) is 7.70. The number of carbonyl (C=O) groups is 2. The lowest BCUT2D eigenvalue weighted by Crippen LogP contribution is -2.23. The van der Waals surface area contributed by atoms with Crippen LogP contribution in [-0.2, 0) is 19.4 Å². The second-order valence-corrected chi connectivity index (χ2v) is 9.58. The van der Waals surface area contributed by atoms with E-state index in [9.17, 15) is 18.4 Å². The summed E-state index contributed by atoms with van der Waals surface area (Å²) in [7, 11) is 0. The van der Waals surface area contributed by atoms with Crippen LogP contribution in [0.25, 0.3) is 22.6 Å². The van der Waals surface area contributed by atoms with Gasteiger partial charge in [0.05, 0.1) is 22.5 Å². The maximum Gasteiger partial charge on any atom is 0.251 e. The molecule has 39 heavy (non-hydrogen) atoms. The summed E-state index contributed by atoms with van der Waals surface area (Å²) < 4.78 is 32.4. The molecule has 4 aromatic rings. The number of pyridine rings is 1. The molecular weight excluding hydrogens is 504 g/mol. The normalized spacial score (nSPS) is 11.2. The molecule has 2 amide bonds. The molecule has 0 fully saturated rings. The fourth-order valence-electron chi connectivity index (χ4n) is 4.38. The van der Waals surface area contributed by atoms with Gasteiger partial charge in [-0.25, -0.2) is 8.78 Å². The van der Waals surface area contributed by atoms with E-state index < -0.39 is 23.4 Å². The summed E-state index contributed by atoms with van der Waals surface area (Å²) in [6, 6.07) is 10.1. The molecular formula is C29H29F2N5O3. The number of benzene rings is 2. The van der Waals surface area contributed by atoms with Crippen molar-refractivity contribution in [2.24, 2.45) is 11.7 Å². The van der Waals surface area contributed by atoms with E-state index in [0.717, 1.165) is 12.1 Å². The van der Waals surface area contributed by atoms with Crippen molar-refractivity contribution in [3.63, 3.8) is 0 Å². The van der Waals surface area contributed by atoms with E-state index in [4.69, 9.17) is 15.1 Å². The molecule has 0 spiro atoms. The van der Waals surface area contributed by atoms with Gasteiger partial charge in [-0.2, -0.15) is 0 Å². The highest BCUT2D eigenvalue weighted by molar-refractivity contribution is 6.05. The van der Waals surface area contributed by atoms with Crippen LogP contribution in [0.3, 0.4) is 0 Å². The molecule has 0 bridgehead atoms. The minimum atomic E-state index is -0.982. The molecule has 2 aromatic heterocycles. The third kappa shape index (κ3) is 6.00. The van der Waals surface area contributed by atoms with Crippen molar-refractivity contribution in [3.05, 3.63) is 88.1 Å². The highest BCUT2D eigenvalue weighted by atomic mass is 19.2. The van der Waals surface area contributed by atoms with E-state index in [1.807, 2.05) is 20.8 Å². The molecule has 0 unspecified atom stereocenters. The Bertz CT molecular complexity index is 1530. The van der Waals surface area contributed by atoms with Crippen LogP contribution in [-0.4, -0.2) is 27.0 Å². The number of carbonyl (C=O) groups excluding carboxylic acids is 2. The number of aromatic nitrogens is 3. The summed E-state index contributed by atoms with van der Waals surface area (Å²) in [5.74, 6) is -2.18. The molecule has 0 aliphatic heterocycles. The van der Waals surface area contributed by atoms with E-state index >= 15 is 0 Å². The first-order chi connectivity index (χ1) is 18.6. The number of rotatable bonds is 9. The number of nitrogens with zero attached hydrogens (tertiary/aromatic N) is 3. The molecule has 0 atom stereocenters. The van der Waals surface area contributed by atoms with Crippen molar-refractivity contribution in [2.75, 3.05) is 0 Å². The van der Waals surface area contributed by atoms with Gasteiger partial charge in [0.2, 0.25) is 11.8 Å². The van der Waals surface area contributed by atoms with Gasteiger partial charge in [-0.05, 0) is 54.2 Å². The number of nitrogens with one attached hydrogen (secondary N) is 1. The Kier molecular flexibility index (Phi) is 8.13. The Balaban J connectivity index is 1.76. The number of aryl methyl sites for hydroxylation is 2. The van der Waals surface area contributed by atoms with Crippen LogP contribution in [0.15, 0.2) is 46.9 Å². The van der Waals surface area contributed by atoms with Crippen LogP contribution < -0.4 is 11.1 Å². The topological polar surface area (TPSA) is 124 Å². The maximum atomic E-state index is 13.5. The van der Waals surface area contributed by atoms with Crippen molar-refractivity contribution in [2.45, 2.75) is 47.1 Å². The van der Waals surface area contributed by atoms with Crippen molar-refractivity contribution >= 4 is 11.8 Å². The first-order valence-electron chi connectivity index (χ1n) is 12.6. The van der Waals surface area contributed by atoms with Gasteiger partial charge in [0, 0.05) is 24.6 Å². The molecule has 0 radical (unpaired) electrons. The van der Waals surface area contributed by atoms with Crippen LogP contribution in [0.1, 0.15) is 64.3 Å². The smallest absolute Gasteiger partial charge is 0.251 e. The fraction of sp³-hybridized carbons (Fsp3) is 0.276. The molecule has 0 aliphatic carbocycles. The third-order valence-corrected chi connectivity index (χ3v) is 6.14. The lowest BCUT2D eigenvalue weighted by atomic mass is 9.88. The van der Waals surface area contributed by atoms with Crippen LogP contribution in [0.2, 0.25) is 0 Å². The summed E-state index contributed by atoms with van der Waals surface area (Å²) in [4.78, 5) is 30.4. The van der Waals surface area contributed by atoms with Gasteiger partial charge >= 0.3 is 0 Å². The van der Waals surface area contributed by atoms with Gasteiger partial charge in [0.1, 0.15) is 0 Å². The first-order valence-corrected chi connectivity index (χ1v) is 12.6. The molecule has 10 heteroatoms. The zero-order valence-corrected chi connectivity index (χ0v) is 22.1. The average Bonchev–Trinajstić information content (AvgIpc) is 3.33. The second kappa shape index (κ2) is 11.5. The van der Waals surface area contributed by atoms with Crippen molar-refractivity contribution in [1.29, 1.82) is 0 Å². The quantitative estimate of drug-likeness (QED) is 0.306. The lowest BCUT2D eigenvalue weighted by molar-refractivity contribution is 0.0949. The van der Waals surface area contributed by atoms with Crippen LogP contribution in [0.4, 0.5) is 8.78 Å². The molecule has 8 nitrogen and oxygen atoms in total. The van der Waals surface area contributed by atoms with Crippen molar-refractivity contribution in [3.8, 4) is 22.6 Å². The SMILES string of the molecule is CCc1nc(CC(C)C)c(C(N)=O)c(-c2ccc(C(=O)NCc3ccc(F)c(F)c3)cc2)c1-c1nnc(C)o1. The standard InChI is InChI=1S/C29H29F2N5O3/c1-5-22-26(29-36-35-16(4)39-29)24(25(27(32)37)23(34-22)12-15(2)3)18-7-9-19(10-8-18)28(38)33-14-17-6-11-20(30)21(31)13-17/h6-11,13,15H,5,12,14H2,1-4H3,(H2,32,37)(H,33,38). The molecule has 2 aromatic carbocycles. The number of hydrogen-bond acceptors (Lipinski definition) is 6. The third-order valence-electron chi connectivity index (χ3n) is 6.14. The van der Waals surface area contributed by atoms with E-state index in [1.165, 1.54) is 6.07 Å². The maximum absolute atomic E-state index is 13.5. The molecule has 2 heterocycles. The molecule has 202 valence electrons. The summed E-state index contributed by atoms with van der Waals surface area (Å²) in [6.07, 6.45) is 1.07. The minimum Gasteiger partial charge on any atom is -0.421 e. The van der Waals surface area contributed by atoms with Gasteiger partial charge in [0.15, 0.2) is 11.6 Å². The monoisotopic (exact) mass is 533 g/mol. The Labute approximate surface area is 224 Å².